The summed E-state index contributed by atoms with van der Waals surface area (Å²) in [6.07, 6.45) is 3.48. The van der Waals surface area contributed by atoms with Crippen LogP contribution in [-0.4, -0.2) is 70.3 Å². The maximum atomic E-state index is 12.5. The van der Waals surface area contributed by atoms with Crippen LogP contribution in [0.5, 0.6) is 0 Å². The van der Waals surface area contributed by atoms with Gasteiger partial charge in [0.05, 0.1) is 18.4 Å². The van der Waals surface area contributed by atoms with Crippen molar-refractivity contribution in [1.82, 2.24) is 20.0 Å². The molecule has 6 nitrogen and oxygen atoms in total. The minimum Gasteiger partial charge on any atom is -0.395 e. The molecule has 0 saturated carbocycles. The summed E-state index contributed by atoms with van der Waals surface area (Å²) in [6, 6.07) is 0.213. The van der Waals surface area contributed by atoms with Crippen molar-refractivity contribution in [2.45, 2.75) is 25.8 Å². The van der Waals surface area contributed by atoms with Crippen LogP contribution < -0.4 is 0 Å². The minimum absolute atomic E-state index is 0.00498. The maximum absolute atomic E-state index is 12.5. The maximum Gasteiger partial charge on any atom is 0.257 e. The third kappa shape index (κ3) is 3.13. The third-order valence-electron chi connectivity index (χ3n) is 3.79. The molecule has 0 radical (unpaired) electrons. The summed E-state index contributed by atoms with van der Waals surface area (Å²) in [5, 5.41) is 15.9. The molecule has 1 amide bonds. The van der Waals surface area contributed by atoms with Gasteiger partial charge in [-0.2, -0.15) is 5.10 Å². The van der Waals surface area contributed by atoms with Crippen LogP contribution in [0.4, 0.5) is 0 Å². The Labute approximate surface area is 113 Å². The molecule has 1 aliphatic heterocycles. The zero-order valence-corrected chi connectivity index (χ0v) is 11.6. The highest BCUT2D eigenvalue weighted by atomic mass is 16.3. The van der Waals surface area contributed by atoms with E-state index in [0.29, 0.717) is 12.1 Å². The number of carbonyl (C=O) groups excluding carboxylic acids is 1. The number of amides is 1. The smallest absolute Gasteiger partial charge is 0.257 e. The van der Waals surface area contributed by atoms with Crippen molar-refractivity contribution < 1.29 is 9.90 Å². The summed E-state index contributed by atoms with van der Waals surface area (Å²) in [5.74, 6) is -0.0325. The van der Waals surface area contributed by atoms with E-state index in [1.807, 2.05) is 6.92 Å². The SMILES string of the molecule is Cc1[nH]ncc1C(=O)N(CCO)C1CCN(C)CC1. The molecule has 0 atom stereocenters. The number of hydrogen-bond acceptors (Lipinski definition) is 4. The Morgan fingerprint density at radius 3 is 2.79 bits per heavy atom. The lowest BCUT2D eigenvalue weighted by molar-refractivity contribution is 0.0539. The van der Waals surface area contributed by atoms with Gasteiger partial charge in [-0.05, 0) is 39.9 Å². The Kier molecular flexibility index (Phi) is 4.55. The summed E-state index contributed by atoms with van der Waals surface area (Å²) >= 11 is 0. The number of H-pyrrole nitrogens is 1. The number of aromatic amines is 1. The highest BCUT2D eigenvalue weighted by Gasteiger charge is 2.28. The summed E-state index contributed by atoms with van der Waals surface area (Å²) in [5.41, 5.74) is 1.38. The highest BCUT2D eigenvalue weighted by molar-refractivity contribution is 5.95. The Morgan fingerprint density at radius 1 is 1.58 bits per heavy atom. The van der Waals surface area contributed by atoms with Gasteiger partial charge in [0, 0.05) is 18.3 Å². The van der Waals surface area contributed by atoms with Gasteiger partial charge in [0.15, 0.2) is 0 Å². The number of piperidine rings is 1. The fraction of sp³-hybridized carbons (Fsp3) is 0.692. The second kappa shape index (κ2) is 6.16. The van der Waals surface area contributed by atoms with Gasteiger partial charge in [0.1, 0.15) is 0 Å². The lowest BCUT2D eigenvalue weighted by atomic mass is 10.0. The average molecular weight is 266 g/mol. The van der Waals surface area contributed by atoms with Crippen molar-refractivity contribution in [2.24, 2.45) is 0 Å². The van der Waals surface area contributed by atoms with E-state index in [0.717, 1.165) is 31.6 Å². The van der Waals surface area contributed by atoms with E-state index < -0.39 is 0 Å². The zero-order chi connectivity index (χ0) is 13.8. The van der Waals surface area contributed by atoms with E-state index in [4.69, 9.17) is 0 Å². The third-order valence-corrected chi connectivity index (χ3v) is 3.79. The average Bonchev–Trinajstić information content (AvgIpc) is 2.83. The summed E-state index contributed by atoms with van der Waals surface area (Å²) in [7, 11) is 2.09. The standard InChI is InChI=1S/C13H22N4O2/c1-10-12(9-14-15-10)13(19)17(7-8-18)11-3-5-16(2)6-4-11/h9,11,18H,3-8H2,1-2H3,(H,14,15). The molecular formula is C13H22N4O2. The number of carbonyl (C=O) groups is 1. The van der Waals surface area contributed by atoms with Crippen LogP contribution in [0.15, 0.2) is 6.20 Å². The number of nitrogens with one attached hydrogen (secondary N) is 1. The number of aryl methyl sites for hydroxylation is 1. The molecule has 2 N–H and O–H groups in total. The van der Waals surface area contributed by atoms with E-state index in [1.54, 1.807) is 11.1 Å². The predicted octanol–water partition coefficient (Wildman–Crippen LogP) is 0.247. The van der Waals surface area contributed by atoms with E-state index >= 15 is 0 Å². The molecule has 2 rings (SSSR count). The molecule has 1 fully saturated rings. The van der Waals surface area contributed by atoms with Crippen LogP contribution in [0.3, 0.4) is 0 Å². The second-order valence-electron chi connectivity index (χ2n) is 5.17. The number of aliphatic hydroxyl groups is 1. The van der Waals surface area contributed by atoms with Crippen LogP contribution >= 0.6 is 0 Å². The van der Waals surface area contributed by atoms with E-state index in [2.05, 4.69) is 22.1 Å². The van der Waals surface area contributed by atoms with E-state index in [9.17, 15) is 9.90 Å². The fourth-order valence-corrected chi connectivity index (χ4v) is 2.59. The molecule has 106 valence electrons. The highest BCUT2D eigenvalue weighted by Crippen LogP contribution is 2.18. The lowest BCUT2D eigenvalue weighted by Gasteiger charge is -2.37. The molecule has 1 aromatic heterocycles. The molecule has 1 aliphatic rings. The van der Waals surface area contributed by atoms with Crippen molar-refractivity contribution in [2.75, 3.05) is 33.3 Å². The molecule has 0 spiro atoms. The van der Waals surface area contributed by atoms with E-state index in [1.165, 1.54) is 0 Å². The Balaban J connectivity index is 2.11. The molecule has 2 heterocycles. The zero-order valence-electron chi connectivity index (χ0n) is 11.6. The van der Waals surface area contributed by atoms with Crippen molar-refractivity contribution >= 4 is 5.91 Å². The predicted molar refractivity (Wildman–Crippen MR) is 72.0 cm³/mol. The van der Waals surface area contributed by atoms with Crippen LogP contribution in [0.2, 0.25) is 0 Å². The van der Waals surface area contributed by atoms with Crippen LogP contribution in [0, 0.1) is 6.92 Å². The topological polar surface area (TPSA) is 72.5 Å². The quantitative estimate of drug-likeness (QED) is 0.819. The summed E-state index contributed by atoms with van der Waals surface area (Å²) in [4.78, 5) is 16.6. The van der Waals surface area contributed by atoms with Crippen molar-refractivity contribution in [3.63, 3.8) is 0 Å². The van der Waals surface area contributed by atoms with Gasteiger partial charge in [-0.15, -0.1) is 0 Å². The second-order valence-corrected chi connectivity index (χ2v) is 5.17. The molecule has 0 unspecified atom stereocenters. The van der Waals surface area contributed by atoms with Gasteiger partial charge in [0.25, 0.3) is 5.91 Å². The number of nitrogens with zero attached hydrogens (tertiary/aromatic N) is 3. The van der Waals surface area contributed by atoms with Crippen LogP contribution in [0.1, 0.15) is 28.9 Å². The number of aromatic nitrogens is 2. The normalized spacial score (nSPS) is 17.6. The molecule has 0 bridgehead atoms. The van der Waals surface area contributed by atoms with Crippen LogP contribution in [-0.2, 0) is 0 Å². The first-order valence-electron chi connectivity index (χ1n) is 6.74. The van der Waals surface area contributed by atoms with Gasteiger partial charge in [-0.3, -0.25) is 9.89 Å². The van der Waals surface area contributed by atoms with E-state index in [-0.39, 0.29) is 18.6 Å². The monoisotopic (exact) mass is 266 g/mol. The first-order chi connectivity index (χ1) is 9.13. The van der Waals surface area contributed by atoms with Crippen LogP contribution in [0.25, 0.3) is 0 Å². The molecular weight excluding hydrogens is 244 g/mol. The van der Waals surface area contributed by atoms with Crippen molar-refractivity contribution in [3.8, 4) is 0 Å². The number of likely N-dealkylation sites (tertiary alicyclic amines) is 1. The van der Waals surface area contributed by atoms with Gasteiger partial charge < -0.3 is 14.9 Å². The Morgan fingerprint density at radius 2 is 2.26 bits per heavy atom. The largest absolute Gasteiger partial charge is 0.395 e. The number of aliphatic hydroxyl groups excluding tert-OH is 1. The molecule has 6 heteroatoms. The van der Waals surface area contributed by atoms with Gasteiger partial charge in [-0.1, -0.05) is 0 Å². The summed E-state index contributed by atoms with van der Waals surface area (Å²) < 4.78 is 0. The van der Waals surface area contributed by atoms with Crippen molar-refractivity contribution in [1.29, 1.82) is 0 Å². The molecule has 1 saturated heterocycles. The first-order valence-corrected chi connectivity index (χ1v) is 6.74. The molecule has 0 aliphatic carbocycles. The first kappa shape index (κ1) is 14.0. The fourth-order valence-electron chi connectivity index (χ4n) is 2.59. The van der Waals surface area contributed by atoms with Gasteiger partial charge in [0.2, 0.25) is 0 Å². The van der Waals surface area contributed by atoms with Gasteiger partial charge in [-0.25, -0.2) is 0 Å². The molecule has 19 heavy (non-hydrogen) atoms. The number of hydrogen-bond donors (Lipinski definition) is 2. The van der Waals surface area contributed by atoms with Crippen molar-refractivity contribution in [3.05, 3.63) is 17.5 Å². The lowest BCUT2D eigenvalue weighted by Crippen LogP contribution is -2.47. The Hall–Kier alpha value is -1.40. The Bertz CT molecular complexity index is 424. The summed E-state index contributed by atoms with van der Waals surface area (Å²) in [6.45, 7) is 4.20. The molecule has 0 aromatic carbocycles. The molecule has 1 aromatic rings. The number of rotatable bonds is 4. The van der Waals surface area contributed by atoms with Gasteiger partial charge >= 0.3 is 0 Å². The minimum atomic E-state index is -0.0325.